The second kappa shape index (κ2) is 11.4. The Kier molecular flexibility index (Phi) is 7.55. The third-order valence-electron chi connectivity index (χ3n) is 6.68. The molecule has 0 fully saturated rings. The molecule has 3 amide bonds. The molecule has 16 heteroatoms. The van der Waals surface area contributed by atoms with E-state index >= 15 is 0 Å². The number of nitrogens with zero attached hydrogens (tertiary/aromatic N) is 4. The molecule has 0 spiro atoms. The van der Waals surface area contributed by atoms with E-state index < -0.39 is 40.6 Å². The van der Waals surface area contributed by atoms with Crippen molar-refractivity contribution in [1.29, 1.82) is 0 Å². The fourth-order valence-electron chi connectivity index (χ4n) is 4.29. The van der Waals surface area contributed by atoms with E-state index in [0.717, 1.165) is 4.52 Å². The number of carboxylic acid groups (broad SMARTS) is 1. The van der Waals surface area contributed by atoms with E-state index in [4.69, 9.17) is 16.6 Å². The molecule has 0 bridgehead atoms. The number of aromatic carboxylic acids is 1. The molecule has 222 valence electrons. The number of hydrogen-bond donors (Lipinski definition) is 6. The number of primary amides is 1. The summed E-state index contributed by atoms with van der Waals surface area (Å²) in [4.78, 5) is 76.8. The average Bonchev–Trinajstić information content (AvgIpc) is 3.46. The van der Waals surface area contributed by atoms with Gasteiger partial charge in [0.1, 0.15) is 22.8 Å². The van der Waals surface area contributed by atoms with Gasteiger partial charge >= 0.3 is 5.97 Å². The lowest BCUT2D eigenvalue weighted by Crippen LogP contribution is -2.36. The Morgan fingerprint density at radius 3 is 2.39 bits per heavy atom. The summed E-state index contributed by atoms with van der Waals surface area (Å²) in [5.74, 6) is -3.47. The molecule has 0 saturated heterocycles. The Morgan fingerprint density at radius 1 is 1.00 bits per heavy atom. The predicted molar refractivity (Wildman–Crippen MR) is 155 cm³/mol. The molecule has 2 aromatic heterocycles. The van der Waals surface area contributed by atoms with E-state index in [9.17, 15) is 28.8 Å². The number of nitrogens with one attached hydrogen (secondary N) is 3. The number of benzene rings is 2. The van der Waals surface area contributed by atoms with Crippen molar-refractivity contribution in [2.75, 3.05) is 11.1 Å². The van der Waals surface area contributed by atoms with Crippen molar-refractivity contribution in [3.8, 4) is 0 Å². The van der Waals surface area contributed by atoms with Gasteiger partial charge in [-0.15, -0.1) is 5.10 Å². The number of aromatic nitrogens is 4. The first kappa shape index (κ1) is 29.1. The Labute approximate surface area is 246 Å². The lowest BCUT2D eigenvalue weighted by Gasteiger charge is -2.15. The number of carboxylic acids is 1. The summed E-state index contributed by atoms with van der Waals surface area (Å²) in [6, 6.07) is 13.1. The number of hydrogen-bond acceptors (Lipinski definition) is 11. The van der Waals surface area contributed by atoms with Crippen molar-refractivity contribution in [2.45, 2.75) is 19.5 Å². The van der Waals surface area contributed by atoms with E-state index in [1.54, 1.807) is 43.3 Å². The zero-order valence-corrected chi connectivity index (χ0v) is 22.8. The molecule has 0 radical (unpaired) electrons. The lowest BCUT2D eigenvalue weighted by atomic mass is 10.1. The molecule has 8 N–H and O–H groups in total. The fourth-order valence-corrected chi connectivity index (χ4v) is 4.29. The van der Waals surface area contributed by atoms with Crippen LogP contribution < -0.4 is 38.3 Å². The van der Waals surface area contributed by atoms with Gasteiger partial charge in [0.05, 0.1) is 11.6 Å². The summed E-state index contributed by atoms with van der Waals surface area (Å²) in [7, 11) is 0. The number of carbonyl (C=O) groups is 4. The molecule has 0 aliphatic rings. The van der Waals surface area contributed by atoms with Gasteiger partial charge in [-0.1, -0.05) is 29.5 Å². The van der Waals surface area contributed by atoms with Crippen LogP contribution in [0.4, 0.5) is 17.1 Å². The first-order chi connectivity index (χ1) is 20.9. The topological polar surface area (TPSA) is 254 Å². The maximum Gasteiger partial charge on any atom is 0.335 e. The first-order valence-electron chi connectivity index (χ1n) is 12.9. The smallest absolute Gasteiger partial charge is 0.335 e. The van der Waals surface area contributed by atoms with Crippen LogP contribution in [0.5, 0.6) is 0 Å². The summed E-state index contributed by atoms with van der Waals surface area (Å²) < 4.78 is 0.981. The number of rotatable bonds is 10. The molecule has 5 aromatic rings. The molecule has 44 heavy (non-hydrogen) atoms. The highest BCUT2D eigenvalue weighted by molar-refractivity contribution is 6.01. The van der Waals surface area contributed by atoms with Gasteiger partial charge in [-0.2, -0.15) is 4.52 Å². The van der Waals surface area contributed by atoms with E-state index in [0.29, 0.717) is 16.8 Å². The second-order valence-electron chi connectivity index (χ2n) is 9.64. The Morgan fingerprint density at radius 2 is 1.73 bits per heavy atom. The minimum absolute atomic E-state index is 0.00624. The monoisotopic (exact) mass is 597 g/mol. The molecule has 0 saturated carbocycles. The number of amides is 3. The van der Waals surface area contributed by atoms with Gasteiger partial charge < -0.3 is 32.5 Å². The van der Waals surface area contributed by atoms with E-state index in [1.807, 2.05) is 0 Å². The van der Waals surface area contributed by atoms with Crippen molar-refractivity contribution in [3.63, 3.8) is 0 Å². The molecule has 5 rings (SSSR count). The van der Waals surface area contributed by atoms with Crippen LogP contribution in [0.1, 0.15) is 65.9 Å². The van der Waals surface area contributed by atoms with Gasteiger partial charge in [-0.25, -0.2) is 9.78 Å². The molecule has 1 atom stereocenters. The summed E-state index contributed by atoms with van der Waals surface area (Å²) in [5, 5.41) is 24.8. The van der Waals surface area contributed by atoms with Gasteiger partial charge in [-0.05, 0) is 42.3 Å². The summed E-state index contributed by atoms with van der Waals surface area (Å²) in [6.07, 6.45) is 0. The lowest BCUT2D eigenvalue weighted by molar-refractivity contribution is 0.0695. The number of nitrogens with two attached hydrogens (primary N) is 2. The molecular formula is C28H23N9O7. The molecule has 3 aromatic carbocycles. The first-order valence-corrected chi connectivity index (χ1v) is 12.9. The Bertz CT molecular complexity index is 2040. The van der Waals surface area contributed by atoms with Gasteiger partial charge in [0.2, 0.25) is 0 Å². The standard InChI is InChI=1S/C28H23N9O7/c1-12(14-5-7-15(8-6-14)28(43)44)32-27(42)18-10-17(34-25-21(24(30)40)35-36-37(18)25)26(41)31-11-13-3-2-4-16(9-13)33-20-19(29)22(38)23(20)39/h2-10,12,33H,11,29H2,1H3,(H2,30,40)(H,31,41)(H,32,42)(H,43,44)/t12-/m1/s1. The van der Waals surface area contributed by atoms with E-state index in [-0.39, 0.29) is 46.2 Å². The molecule has 16 nitrogen and oxygen atoms in total. The highest BCUT2D eigenvalue weighted by atomic mass is 16.4. The summed E-state index contributed by atoms with van der Waals surface area (Å²) in [6.45, 7) is 1.66. The van der Waals surface area contributed by atoms with Crippen LogP contribution in [0.25, 0.3) is 5.65 Å². The second-order valence-corrected chi connectivity index (χ2v) is 9.64. The fraction of sp³-hybridized carbons (Fsp3) is 0.107. The third kappa shape index (κ3) is 5.54. The maximum atomic E-state index is 13.3. The summed E-state index contributed by atoms with van der Waals surface area (Å²) in [5.41, 5.74) is 10.1. The van der Waals surface area contributed by atoms with Crippen LogP contribution in [0.3, 0.4) is 0 Å². The van der Waals surface area contributed by atoms with Crippen molar-refractivity contribution in [3.05, 3.63) is 109 Å². The number of anilines is 3. The van der Waals surface area contributed by atoms with Gasteiger partial charge in [-0.3, -0.25) is 24.0 Å². The average molecular weight is 598 g/mol. The zero-order valence-electron chi connectivity index (χ0n) is 22.8. The van der Waals surface area contributed by atoms with Crippen molar-refractivity contribution in [2.24, 2.45) is 5.73 Å². The van der Waals surface area contributed by atoms with Gasteiger partial charge in [0.15, 0.2) is 11.3 Å². The van der Waals surface area contributed by atoms with Crippen LogP contribution in [0.15, 0.2) is 64.2 Å². The van der Waals surface area contributed by atoms with Crippen LogP contribution in [-0.2, 0) is 6.54 Å². The molecule has 0 aliphatic carbocycles. The predicted octanol–water partition coefficient (Wildman–Crippen LogP) is 0.264. The van der Waals surface area contributed by atoms with Gasteiger partial charge in [0, 0.05) is 18.3 Å². The molecule has 0 aliphatic heterocycles. The number of fused-ring (bicyclic) bond motifs is 1. The Balaban J connectivity index is 1.37. The van der Waals surface area contributed by atoms with Crippen molar-refractivity contribution >= 4 is 46.4 Å². The van der Waals surface area contributed by atoms with Crippen molar-refractivity contribution < 1.29 is 24.3 Å². The SMILES string of the molecule is C[C@@H](NC(=O)c1cc(C(=O)NCc2cccc(Nc3c(N)c(=O)c3=O)c2)nc2c(C(N)=O)nnn12)c1ccc(C(=O)O)cc1. The molecular weight excluding hydrogens is 574 g/mol. The summed E-state index contributed by atoms with van der Waals surface area (Å²) >= 11 is 0. The minimum Gasteiger partial charge on any atom is -0.478 e. The largest absolute Gasteiger partial charge is 0.478 e. The Hall–Kier alpha value is -6.45. The van der Waals surface area contributed by atoms with Gasteiger partial charge in [0.25, 0.3) is 28.6 Å². The highest BCUT2D eigenvalue weighted by Crippen LogP contribution is 2.20. The third-order valence-corrected chi connectivity index (χ3v) is 6.68. The van der Waals surface area contributed by atoms with E-state index in [2.05, 4.69) is 31.2 Å². The normalized spacial score (nSPS) is 11.7. The van der Waals surface area contributed by atoms with E-state index in [1.165, 1.54) is 18.2 Å². The molecule has 0 unspecified atom stereocenters. The van der Waals surface area contributed by atoms with Crippen LogP contribution >= 0.6 is 0 Å². The minimum atomic E-state index is -1.09. The number of carbonyl (C=O) groups excluding carboxylic acids is 3. The zero-order chi connectivity index (χ0) is 31.7. The number of nitrogen functional groups attached to an aromatic ring is 1. The van der Waals surface area contributed by atoms with Crippen LogP contribution in [-0.4, -0.2) is 48.6 Å². The quantitative estimate of drug-likeness (QED) is 0.119. The molecule has 2 heterocycles. The highest BCUT2D eigenvalue weighted by Gasteiger charge is 2.24. The van der Waals surface area contributed by atoms with Crippen LogP contribution in [0, 0.1) is 0 Å². The van der Waals surface area contributed by atoms with Crippen LogP contribution in [0.2, 0.25) is 0 Å². The maximum absolute atomic E-state index is 13.3. The van der Waals surface area contributed by atoms with Crippen molar-refractivity contribution in [1.82, 2.24) is 30.4 Å².